The van der Waals surface area contributed by atoms with Gasteiger partial charge >= 0.3 is 6.03 Å². The van der Waals surface area contributed by atoms with Crippen LogP contribution in [0.2, 0.25) is 0 Å². The summed E-state index contributed by atoms with van der Waals surface area (Å²) < 4.78 is 0. The predicted octanol–water partition coefficient (Wildman–Crippen LogP) is -0.336. The number of rotatable bonds is 4. The van der Waals surface area contributed by atoms with Gasteiger partial charge in [0.05, 0.1) is 5.92 Å². The SMILES string of the molecule is CC(CCO)NC(=O)C1CCCN(C(N)=O)C1. The Morgan fingerprint density at radius 3 is 2.88 bits per heavy atom. The summed E-state index contributed by atoms with van der Waals surface area (Å²) in [6.07, 6.45) is 2.12. The van der Waals surface area contributed by atoms with Crippen LogP contribution in [0.25, 0.3) is 0 Å². The van der Waals surface area contributed by atoms with Crippen molar-refractivity contribution >= 4 is 11.9 Å². The van der Waals surface area contributed by atoms with Crippen LogP contribution in [0.4, 0.5) is 4.79 Å². The number of hydrogen-bond acceptors (Lipinski definition) is 3. The largest absolute Gasteiger partial charge is 0.396 e. The van der Waals surface area contributed by atoms with Gasteiger partial charge in [-0.1, -0.05) is 0 Å². The lowest BCUT2D eigenvalue weighted by Gasteiger charge is -2.31. The van der Waals surface area contributed by atoms with Crippen LogP contribution in [0, 0.1) is 5.92 Å². The molecule has 0 bridgehead atoms. The second-order valence-corrected chi connectivity index (χ2v) is 4.55. The molecule has 98 valence electrons. The third kappa shape index (κ3) is 4.22. The molecule has 3 amide bonds. The number of nitrogens with one attached hydrogen (secondary N) is 1. The summed E-state index contributed by atoms with van der Waals surface area (Å²) in [5.74, 6) is -0.241. The maximum atomic E-state index is 11.9. The average molecular weight is 243 g/mol. The van der Waals surface area contributed by atoms with E-state index in [4.69, 9.17) is 10.8 Å². The Kier molecular flexibility index (Phi) is 5.21. The molecule has 0 saturated carbocycles. The molecule has 1 rings (SSSR count). The zero-order chi connectivity index (χ0) is 12.8. The maximum Gasteiger partial charge on any atom is 0.314 e. The van der Waals surface area contributed by atoms with Gasteiger partial charge in [-0.25, -0.2) is 4.79 Å². The van der Waals surface area contributed by atoms with Crippen molar-refractivity contribution in [2.24, 2.45) is 11.7 Å². The maximum absolute atomic E-state index is 11.9. The Hall–Kier alpha value is -1.30. The minimum atomic E-state index is -0.467. The number of primary amides is 1. The monoisotopic (exact) mass is 243 g/mol. The van der Waals surface area contributed by atoms with Crippen molar-refractivity contribution in [3.63, 3.8) is 0 Å². The molecule has 0 aromatic heterocycles. The smallest absolute Gasteiger partial charge is 0.314 e. The zero-order valence-corrected chi connectivity index (χ0v) is 10.2. The van der Waals surface area contributed by atoms with E-state index in [1.165, 1.54) is 4.90 Å². The minimum Gasteiger partial charge on any atom is -0.396 e. The van der Waals surface area contributed by atoms with Crippen LogP contribution in [0.5, 0.6) is 0 Å². The molecule has 0 spiro atoms. The lowest BCUT2D eigenvalue weighted by atomic mass is 9.97. The van der Waals surface area contributed by atoms with Gasteiger partial charge in [0.2, 0.25) is 5.91 Å². The summed E-state index contributed by atoms with van der Waals surface area (Å²) in [7, 11) is 0. The molecular weight excluding hydrogens is 222 g/mol. The van der Waals surface area contributed by atoms with Gasteiger partial charge in [0.1, 0.15) is 0 Å². The molecule has 0 aromatic carbocycles. The number of amides is 3. The molecule has 17 heavy (non-hydrogen) atoms. The predicted molar refractivity (Wildman–Crippen MR) is 63.2 cm³/mol. The Morgan fingerprint density at radius 2 is 2.29 bits per heavy atom. The number of aliphatic hydroxyl groups is 1. The van der Waals surface area contributed by atoms with E-state index >= 15 is 0 Å². The molecule has 0 radical (unpaired) electrons. The standard InChI is InChI=1S/C11H21N3O3/c1-8(4-6-15)13-10(16)9-3-2-5-14(7-9)11(12)17/h8-9,15H,2-7H2,1H3,(H2,12,17)(H,13,16). The van der Waals surface area contributed by atoms with Gasteiger partial charge in [0.15, 0.2) is 0 Å². The molecule has 2 atom stereocenters. The number of carbonyl (C=O) groups is 2. The minimum absolute atomic E-state index is 0.0449. The highest BCUT2D eigenvalue weighted by Crippen LogP contribution is 2.16. The van der Waals surface area contributed by atoms with Gasteiger partial charge in [-0.15, -0.1) is 0 Å². The van der Waals surface area contributed by atoms with E-state index < -0.39 is 6.03 Å². The molecule has 1 fully saturated rings. The van der Waals surface area contributed by atoms with Crippen molar-refractivity contribution in [1.29, 1.82) is 0 Å². The van der Waals surface area contributed by atoms with E-state index in [0.29, 0.717) is 19.5 Å². The second-order valence-electron chi connectivity index (χ2n) is 4.55. The van der Waals surface area contributed by atoms with E-state index in [9.17, 15) is 9.59 Å². The third-order valence-corrected chi connectivity index (χ3v) is 3.05. The van der Waals surface area contributed by atoms with Gasteiger partial charge in [0, 0.05) is 25.7 Å². The first-order valence-corrected chi connectivity index (χ1v) is 6.00. The van der Waals surface area contributed by atoms with E-state index in [-0.39, 0.29) is 24.5 Å². The Balaban J connectivity index is 2.43. The first kappa shape index (κ1) is 13.8. The highest BCUT2D eigenvalue weighted by atomic mass is 16.3. The number of piperidine rings is 1. The van der Waals surface area contributed by atoms with Crippen LogP contribution in [0.1, 0.15) is 26.2 Å². The summed E-state index contributed by atoms with van der Waals surface area (Å²) >= 11 is 0. The fraction of sp³-hybridized carbons (Fsp3) is 0.818. The third-order valence-electron chi connectivity index (χ3n) is 3.05. The highest BCUT2D eigenvalue weighted by Gasteiger charge is 2.27. The fourth-order valence-corrected chi connectivity index (χ4v) is 2.02. The van der Waals surface area contributed by atoms with Gasteiger partial charge in [-0.3, -0.25) is 4.79 Å². The average Bonchev–Trinajstić information content (AvgIpc) is 2.29. The van der Waals surface area contributed by atoms with Gasteiger partial charge in [-0.05, 0) is 26.2 Å². The first-order valence-electron chi connectivity index (χ1n) is 6.00. The molecule has 1 aliphatic rings. The number of nitrogens with zero attached hydrogens (tertiary/aromatic N) is 1. The van der Waals surface area contributed by atoms with Crippen molar-refractivity contribution in [2.75, 3.05) is 19.7 Å². The fourth-order valence-electron chi connectivity index (χ4n) is 2.02. The van der Waals surface area contributed by atoms with Crippen LogP contribution in [0.15, 0.2) is 0 Å². The molecule has 0 aliphatic carbocycles. The summed E-state index contributed by atoms with van der Waals surface area (Å²) in [4.78, 5) is 24.4. The molecule has 1 aliphatic heterocycles. The molecule has 6 heteroatoms. The number of carbonyl (C=O) groups excluding carboxylic acids is 2. The van der Waals surface area contributed by atoms with Gasteiger partial charge in [-0.2, -0.15) is 0 Å². The van der Waals surface area contributed by atoms with E-state index in [0.717, 1.165) is 12.8 Å². The summed E-state index contributed by atoms with van der Waals surface area (Å²) in [6.45, 7) is 2.93. The molecule has 2 unspecified atom stereocenters. The molecule has 1 saturated heterocycles. The van der Waals surface area contributed by atoms with Crippen LogP contribution >= 0.6 is 0 Å². The van der Waals surface area contributed by atoms with Crippen LogP contribution in [-0.2, 0) is 4.79 Å². The highest BCUT2D eigenvalue weighted by molar-refractivity contribution is 5.80. The van der Waals surface area contributed by atoms with E-state index in [2.05, 4.69) is 5.32 Å². The summed E-state index contributed by atoms with van der Waals surface area (Å²) in [5, 5.41) is 11.6. The Morgan fingerprint density at radius 1 is 1.59 bits per heavy atom. The first-order chi connectivity index (χ1) is 8.04. The Labute approximate surface area is 101 Å². The summed E-state index contributed by atoms with van der Waals surface area (Å²) in [6, 6.07) is -0.512. The molecule has 1 heterocycles. The number of hydrogen-bond donors (Lipinski definition) is 3. The summed E-state index contributed by atoms with van der Waals surface area (Å²) in [5.41, 5.74) is 5.20. The number of urea groups is 1. The second kappa shape index (κ2) is 6.44. The quantitative estimate of drug-likeness (QED) is 0.630. The van der Waals surface area contributed by atoms with Crippen molar-refractivity contribution in [3.05, 3.63) is 0 Å². The van der Waals surface area contributed by atoms with E-state index in [1.807, 2.05) is 6.92 Å². The van der Waals surface area contributed by atoms with Crippen molar-refractivity contribution < 1.29 is 14.7 Å². The van der Waals surface area contributed by atoms with Gasteiger partial charge < -0.3 is 21.1 Å². The van der Waals surface area contributed by atoms with Gasteiger partial charge in [0.25, 0.3) is 0 Å². The van der Waals surface area contributed by atoms with Crippen LogP contribution < -0.4 is 11.1 Å². The lowest BCUT2D eigenvalue weighted by molar-refractivity contribution is -0.126. The molecule has 0 aromatic rings. The Bertz CT molecular complexity index is 283. The van der Waals surface area contributed by atoms with Crippen molar-refractivity contribution in [2.45, 2.75) is 32.2 Å². The van der Waals surface area contributed by atoms with Crippen molar-refractivity contribution in [1.82, 2.24) is 10.2 Å². The van der Waals surface area contributed by atoms with Crippen LogP contribution in [-0.4, -0.2) is 47.7 Å². The van der Waals surface area contributed by atoms with E-state index in [1.54, 1.807) is 0 Å². The molecular formula is C11H21N3O3. The van der Waals surface area contributed by atoms with Crippen molar-refractivity contribution in [3.8, 4) is 0 Å². The number of nitrogens with two attached hydrogens (primary N) is 1. The molecule has 4 N–H and O–H groups in total. The molecule has 6 nitrogen and oxygen atoms in total. The van der Waals surface area contributed by atoms with Crippen LogP contribution in [0.3, 0.4) is 0 Å². The zero-order valence-electron chi connectivity index (χ0n) is 10.2. The lowest BCUT2D eigenvalue weighted by Crippen LogP contribution is -2.48. The normalized spacial score (nSPS) is 22.0. The number of likely N-dealkylation sites (tertiary alicyclic amines) is 1. The topological polar surface area (TPSA) is 95.7 Å². The number of aliphatic hydroxyl groups excluding tert-OH is 1.